The third kappa shape index (κ3) is 5.97. The van der Waals surface area contributed by atoms with Crippen LogP contribution in [0.2, 0.25) is 10.0 Å². The molecule has 0 aliphatic carbocycles. The number of halogens is 2. The number of carbonyl (C=O) groups excluding carboxylic acids is 3. The van der Waals surface area contributed by atoms with E-state index in [1.807, 2.05) is 63.2 Å². The summed E-state index contributed by atoms with van der Waals surface area (Å²) in [5, 5.41) is 5.78. The van der Waals surface area contributed by atoms with Crippen molar-refractivity contribution in [3.05, 3.63) is 75.8 Å². The van der Waals surface area contributed by atoms with Crippen LogP contribution in [0.4, 0.5) is 5.69 Å². The maximum Gasteiger partial charge on any atom is 0.258 e. The van der Waals surface area contributed by atoms with E-state index in [0.29, 0.717) is 47.5 Å². The SMILES string of the molecule is CC[C@H](C(=O)NCC(C)C)N(Cc1ccc(Cl)c(Cl)c1)C(=O)CCCN1C(=O)c2cccc3cccc1c23. The Balaban J connectivity index is 1.49. The molecule has 0 spiro atoms. The Morgan fingerprint density at radius 3 is 2.45 bits per heavy atom. The van der Waals surface area contributed by atoms with Crippen LogP contribution in [0.1, 0.15) is 56.0 Å². The molecule has 0 fully saturated rings. The standard InChI is InChI=1S/C30H33Cl2N3O3/c1-4-25(29(37)33-17-19(2)3)35(18-20-13-14-23(31)24(32)16-20)27(36)12-7-15-34-26-11-6-9-21-8-5-10-22(28(21)26)30(34)38/h5-6,8-11,13-14,16,19,25H,4,7,12,15,17-18H2,1-3H3,(H,33,37)/t25-/m1/s1. The Kier molecular flexibility index (Phi) is 8.95. The van der Waals surface area contributed by atoms with E-state index in [1.54, 1.807) is 21.9 Å². The zero-order chi connectivity index (χ0) is 27.4. The molecule has 200 valence electrons. The van der Waals surface area contributed by atoms with Crippen molar-refractivity contribution in [2.75, 3.05) is 18.0 Å². The fourth-order valence-electron chi connectivity index (χ4n) is 4.91. The largest absolute Gasteiger partial charge is 0.354 e. The van der Waals surface area contributed by atoms with E-state index in [0.717, 1.165) is 22.0 Å². The third-order valence-electron chi connectivity index (χ3n) is 6.83. The summed E-state index contributed by atoms with van der Waals surface area (Å²) in [6.07, 6.45) is 1.14. The van der Waals surface area contributed by atoms with Gasteiger partial charge < -0.3 is 15.1 Å². The molecular formula is C30H33Cl2N3O3. The van der Waals surface area contributed by atoms with Crippen LogP contribution in [0, 0.1) is 5.92 Å². The van der Waals surface area contributed by atoms with E-state index in [9.17, 15) is 14.4 Å². The maximum absolute atomic E-state index is 13.6. The second kappa shape index (κ2) is 12.2. The molecule has 1 N–H and O–H groups in total. The minimum Gasteiger partial charge on any atom is -0.354 e. The first-order valence-electron chi connectivity index (χ1n) is 13.1. The zero-order valence-corrected chi connectivity index (χ0v) is 23.5. The molecule has 6 nitrogen and oxygen atoms in total. The van der Waals surface area contributed by atoms with Crippen LogP contribution in [0.15, 0.2) is 54.6 Å². The molecule has 0 bridgehead atoms. The molecule has 4 rings (SSSR count). The van der Waals surface area contributed by atoms with E-state index in [2.05, 4.69) is 5.32 Å². The van der Waals surface area contributed by atoms with Crippen molar-refractivity contribution >= 4 is 57.4 Å². The van der Waals surface area contributed by atoms with Crippen molar-refractivity contribution in [2.24, 2.45) is 5.92 Å². The Bertz CT molecular complexity index is 1350. The van der Waals surface area contributed by atoms with Gasteiger partial charge in [0.2, 0.25) is 11.8 Å². The summed E-state index contributed by atoms with van der Waals surface area (Å²) in [5.74, 6) is -0.0740. The summed E-state index contributed by atoms with van der Waals surface area (Å²) in [6, 6.07) is 16.2. The molecule has 3 aromatic rings. The molecule has 0 radical (unpaired) electrons. The quantitative estimate of drug-likeness (QED) is 0.296. The van der Waals surface area contributed by atoms with E-state index in [4.69, 9.17) is 23.2 Å². The van der Waals surface area contributed by atoms with Gasteiger partial charge in [-0.15, -0.1) is 0 Å². The van der Waals surface area contributed by atoms with Crippen molar-refractivity contribution in [2.45, 2.75) is 52.6 Å². The molecule has 0 saturated heterocycles. The summed E-state index contributed by atoms with van der Waals surface area (Å²) in [7, 11) is 0. The Morgan fingerprint density at radius 1 is 1.03 bits per heavy atom. The molecule has 1 aliphatic rings. The monoisotopic (exact) mass is 553 g/mol. The number of amides is 3. The molecule has 38 heavy (non-hydrogen) atoms. The van der Waals surface area contributed by atoms with Crippen LogP contribution in [-0.2, 0) is 16.1 Å². The summed E-state index contributed by atoms with van der Waals surface area (Å²) in [5.41, 5.74) is 2.36. The lowest BCUT2D eigenvalue weighted by Crippen LogP contribution is -2.49. The molecule has 0 unspecified atom stereocenters. The first-order chi connectivity index (χ1) is 18.2. The van der Waals surface area contributed by atoms with Crippen molar-refractivity contribution < 1.29 is 14.4 Å². The van der Waals surface area contributed by atoms with Gasteiger partial charge in [0.1, 0.15) is 6.04 Å². The van der Waals surface area contributed by atoms with Crippen LogP contribution in [-0.4, -0.2) is 41.8 Å². The second-order valence-corrected chi connectivity index (χ2v) is 10.9. The van der Waals surface area contributed by atoms with Gasteiger partial charge in [-0.05, 0) is 54.0 Å². The molecule has 0 saturated carbocycles. The smallest absolute Gasteiger partial charge is 0.258 e. The molecule has 3 aromatic carbocycles. The highest BCUT2D eigenvalue weighted by Gasteiger charge is 2.31. The predicted octanol–water partition coefficient (Wildman–Crippen LogP) is 6.47. The highest BCUT2D eigenvalue weighted by Crippen LogP contribution is 2.37. The minimum atomic E-state index is -0.623. The predicted molar refractivity (Wildman–Crippen MR) is 154 cm³/mol. The van der Waals surface area contributed by atoms with Crippen LogP contribution in [0.25, 0.3) is 10.8 Å². The summed E-state index contributed by atoms with van der Waals surface area (Å²) in [4.78, 5) is 43.2. The van der Waals surface area contributed by atoms with Gasteiger partial charge in [-0.2, -0.15) is 0 Å². The topological polar surface area (TPSA) is 69.7 Å². The number of carbonyl (C=O) groups is 3. The zero-order valence-electron chi connectivity index (χ0n) is 22.0. The fourth-order valence-corrected chi connectivity index (χ4v) is 5.23. The van der Waals surface area contributed by atoms with Crippen molar-refractivity contribution in [3.8, 4) is 0 Å². The van der Waals surface area contributed by atoms with Crippen LogP contribution in [0.3, 0.4) is 0 Å². The van der Waals surface area contributed by atoms with E-state index >= 15 is 0 Å². The number of nitrogens with zero attached hydrogens (tertiary/aromatic N) is 2. The lowest BCUT2D eigenvalue weighted by atomic mass is 10.1. The summed E-state index contributed by atoms with van der Waals surface area (Å²) in [6.45, 7) is 7.13. The first-order valence-corrected chi connectivity index (χ1v) is 13.8. The van der Waals surface area contributed by atoms with Gasteiger partial charge in [0.15, 0.2) is 0 Å². The van der Waals surface area contributed by atoms with E-state index < -0.39 is 6.04 Å². The maximum atomic E-state index is 13.6. The molecular weight excluding hydrogens is 521 g/mol. The first kappa shape index (κ1) is 27.9. The normalized spacial score (nSPS) is 13.3. The van der Waals surface area contributed by atoms with Gasteiger partial charge in [-0.1, -0.05) is 74.3 Å². The van der Waals surface area contributed by atoms with Gasteiger partial charge in [-0.3, -0.25) is 14.4 Å². The number of hydrogen-bond donors (Lipinski definition) is 1. The lowest BCUT2D eigenvalue weighted by molar-refractivity contribution is -0.141. The second-order valence-electron chi connectivity index (χ2n) is 10.1. The van der Waals surface area contributed by atoms with Crippen molar-refractivity contribution in [1.29, 1.82) is 0 Å². The van der Waals surface area contributed by atoms with Crippen molar-refractivity contribution in [3.63, 3.8) is 0 Å². The molecule has 3 amide bonds. The highest BCUT2D eigenvalue weighted by molar-refractivity contribution is 6.42. The van der Waals surface area contributed by atoms with Crippen LogP contribution < -0.4 is 10.2 Å². The van der Waals surface area contributed by atoms with Crippen LogP contribution >= 0.6 is 23.2 Å². The molecule has 0 aromatic heterocycles. The van der Waals surface area contributed by atoms with Crippen LogP contribution in [0.5, 0.6) is 0 Å². The average Bonchev–Trinajstić information content (AvgIpc) is 3.17. The van der Waals surface area contributed by atoms with Crippen molar-refractivity contribution in [1.82, 2.24) is 10.2 Å². The summed E-state index contributed by atoms with van der Waals surface area (Å²) >= 11 is 12.3. The Labute approximate surface area is 233 Å². The lowest BCUT2D eigenvalue weighted by Gasteiger charge is -2.31. The van der Waals surface area contributed by atoms with Gasteiger partial charge in [-0.25, -0.2) is 0 Å². The number of hydrogen-bond acceptors (Lipinski definition) is 3. The Morgan fingerprint density at radius 2 is 1.76 bits per heavy atom. The van der Waals surface area contributed by atoms with Gasteiger partial charge in [0.05, 0.1) is 15.7 Å². The number of rotatable bonds is 11. The number of nitrogens with one attached hydrogen (secondary N) is 1. The summed E-state index contributed by atoms with van der Waals surface area (Å²) < 4.78 is 0. The van der Waals surface area contributed by atoms with E-state index in [1.165, 1.54) is 0 Å². The Hall–Kier alpha value is -3.09. The van der Waals surface area contributed by atoms with Gasteiger partial charge in [0.25, 0.3) is 5.91 Å². The molecule has 8 heteroatoms. The average molecular weight is 555 g/mol. The molecule has 1 atom stereocenters. The van der Waals surface area contributed by atoms with E-state index in [-0.39, 0.29) is 30.7 Å². The molecule has 1 heterocycles. The minimum absolute atomic E-state index is 0.0450. The number of anilines is 1. The van der Waals surface area contributed by atoms with Gasteiger partial charge >= 0.3 is 0 Å². The van der Waals surface area contributed by atoms with Gasteiger partial charge in [0, 0.05) is 37.0 Å². The molecule has 1 aliphatic heterocycles. The third-order valence-corrected chi connectivity index (χ3v) is 7.57. The highest BCUT2D eigenvalue weighted by atomic mass is 35.5. The number of benzene rings is 3. The fraction of sp³-hybridized carbons (Fsp3) is 0.367.